The molecule has 0 fully saturated rings. The first-order valence-electron chi connectivity index (χ1n) is 13.9. The predicted molar refractivity (Wildman–Crippen MR) is 171 cm³/mol. The van der Waals surface area contributed by atoms with Crippen LogP contribution in [0.3, 0.4) is 0 Å². The summed E-state index contributed by atoms with van der Waals surface area (Å²) >= 11 is 0. The van der Waals surface area contributed by atoms with Gasteiger partial charge in [0.05, 0.1) is 0 Å². The van der Waals surface area contributed by atoms with E-state index >= 15 is 0 Å². The van der Waals surface area contributed by atoms with Gasteiger partial charge in [0.2, 0.25) is 0 Å². The van der Waals surface area contributed by atoms with Gasteiger partial charge in [-0.15, -0.1) is 0 Å². The number of aryl methyl sites for hydroxylation is 2. The van der Waals surface area contributed by atoms with Crippen LogP contribution in [0, 0.1) is 13.8 Å². The zero-order valence-corrected chi connectivity index (χ0v) is 23.0. The average Bonchev–Trinajstić information content (AvgIpc) is 3.02. The van der Waals surface area contributed by atoms with Crippen molar-refractivity contribution in [3.8, 4) is 22.3 Å². The number of hydrogen-bond acceptors (Lipinski definition) is 0. The molecule has 0 N–H and O–H groups in total. The van der Waals surface area contributed by atoms with Gasteiger partial charge < -0.3 is 0 Å². The summed E-state index contributed by atoms with van der Waals surface area (Å²) in [4.78, 5) is 0. The summed E-state index contributed by atoms with van der Waals surface area (Å²) in [6.07, 6.45) is 0. The van der Waals surface area contributed by atoms with E-state index in [-0.39, 0.29) is 0 Å². The first-order chi connectivity index (χ1) is 19.7. The summed E-state index contributed by atoms with van der Waals surface area (Å²) in [5.41, 5.74) is 14.7. The summed E-state index contributed by atoms with van der Waals surface area (Å²) in [5.74, 6) is 0. The van der Waals surface area contributed by atoms with Gasteiger partial charge in [-0.2, -0.15) is 0 Å². The van der Waals surface area contributed by atoms with E-state index in [0.717, 1.165) is 0 Å². The molecule has 0 saturated carbocycles. The Labute approximate surface area is 237 Å². The molecule has 40 heavy (non-hydrogen) atoms. The molecule has 6 rings (SSSR count). The summed E-state index contributed by atoms with van der Waals surface area (Å²) in [6.45, 7) is 4.28. The molecule has 0 heterocycles. The quantitative estimate of drug-likeness (QED) is 0.195. The molecule has 0 aliphatic carbocycles. The van der Waals surface area contributed by atoms with Gasteiger partial charge in [-0.3, -0.25) is 0 Å². The maximum Gasteiger partial charge on any atom is -0.00204 e. The average molecular weight is 513 g/mol. The molecule has 0 heteroatoms. The van der Waals surface area contributed by atoms with Crippen molar-refractivity contribution in [2.45, 2.75) is 13.8 Å². The van der Waals surface area contributed by atoms with Crippen molar-refractivity contribution >= 4 is 11.1 Å². The first-order valence-corrected chi connectivity index (χ1v) is 13.9. The molecule has 0 aliphatic heterocycles. The molecule has 0 aromatic heterocycles. The second kappa shape index (κ2) is 11.4. The monoisotopic (exact) mass is 512 g/mol. The first kappa shape index (κ1) is 25.3. The number of benzene rings is 6. The Morgan fingerprint density at radius 1 is 0.325 bits per heavy atom. The van der Waals surface area contributed by atoms with Crippen molar-refractivity contribution in [2.75, 3.05) is 0 Å². The Bertz CT molecular complexity index is 1620. The van der Waals surface area contributed by atoms with Crippen molar-refractivity contribution in [3.63, 3.8) is 0 Å². The van der Waals surface area contributed by atoms with Crippen molar-refractivity contribution in [1.29, 1.82) is 0 Å². The predicted octanol–water partition coefficient (Wildman–Crippen LogP) is 10.6. The third-order valence-electron chi connectivity index (χ3n) is 7.49. The lowest BCUT2D eigenvalue weighted by Crippen LogP contribution is -2.01. The van der Waals surface area contributed by atoms with Crippen LogP contribution in [0.15, 0.2) is 158 Å². The Kier molecular flexibility index (Phi) is 7.24. The Morgan fingerprint density at radius 3 is 1.02 bits per heavy atom. The standard InChI is InChI=1S/C40H32/c1-29-21-25-31(26-22-29)35-17-9-11-19-37(35)39(33-13-5-3-6-14-33)40(34-15-7-4-8-16-34)38-20-12-10-18-36(38)32-27-23-30(2)24-28-32/h3-28H,1-2H3/b40-39-. The molecule has 0 aliphatic rings. The lowest BCUT2D eigenvalue weighted by molar-refractivity contribution is 1.45. The van der Waals surface area contributed by atoms with Crippen LogP contribution in [-0.2, 0) is 0 Å². The van der Waals surface area contributed by atoms with Crippen molar-refractivity contribution < 1.29 is 0 Å². The van der Waals surface area contributed by atoms with E-state index in [1.165, 1.54) is 66.8 Å². The fourth-order valence-electron chi connectivity index (χ4n) is 5.45. The van der Waals surface area contributed by atoms with Gasteiger partial charge in [0.15, 0.2) is 0 Å². The Morgan fingerprint density at radius 2 is 0.650 bits per heavy atom. The van der Waals surface area contributed by atoms with Crippen LogP contribution < -0.4 is 0 Å². The van der Waals surface area contributed by atoms with E-state index in [2.05, 4.69) is 172 Å². The van der Waals surface area contributed by atoms with Crippen molar-refractivity contribution in [1.82, 2.24) is 0 Å². The summed E-state index contributed by atoms with van der Waals surface area (Å²) in [6, 6.07) is 57.0. The van der Waals surface area contributed by atoms with Gasteiger partial charge in [-0.25, -0.2) is 0 Å². The van der Waals surface area contributed by atoms with Crippen LogP contribution in [0.5, 0.6) is 0 Å². The zero-order chi connectivity index (χ0) is 27.3. The fourth-order valence-corrected chi connectivity index (χ4v) is 5.45. The van der Waals surface area contributed by atoms with Crippen LogP contribution in [0.25, 0.3) is 33.4 Å². The highest BCUT2D eigenvalue weighted by Gasteiger charge is 2.21. The van der Waals surface area contributed by atoms with Gasteiger partial charge >= 0.3 is 0 Å². The van der Waals surface area contributed by atoms with Gasteiger partial charge in [-0.1, -0.05) is 169 Å². The molecule has 0 radical (unpaired) electrons. The van der Waals surface area contributed by atoms with E-state index in [9.17, 15) is 0 Å². The summed E-state index contributed by atoms with van der Waals surface area (Å²) < 4.78 is 0. The summed E-state index contributed by atoms with van der Waals surface area (Å²) in [5, 5.41) is 0. The molecule has 0 bridgehead atoms. The molecule has 0 atom stereocenters. The molecule has 0 amide bonds. The Balaban J connectivity index is 1.74. The third-order valence-corrected chi connectivity index (χ3v) is 7.49. The van der Waals surface area contributed by atoms with E-state index in [0.29, 0.717) is 0 Å². The second-order valence-corrected chi connectivity index (χ2v) is 10.3. The highest BCUT2D eigenvalue weighted by atomic mass is 14.2. The van der Waals surface area contributed by atoms with Crippen molar-refractivity contribution in [2.24, 2.45) is 0 Å². The van der Waals surface area contributed by atoms with Crippen LogP contribution in [0.2, 0.25) is 0 Å². The van der Waals surface area contributed by atoms with Crippen molar-refractivity contribution in [3.05, 3.63) is 191 Å². The SMILES string of the molecule is Cc1ccc(-c2ccccc2/C(=C(/c2ccccc2)c2ccccc2-c2ccc(C)cc2)c2ccccc2)cc1. The van der Waals surface area contributed by atoms with E-state index < -0.39 is 0 Å². The molecule has 6 aromatic rings. The molecule has 0 spiro atoms. The smallest absolute Gasteiger partial charge is 0.00204 e. The van der Waals surface area contributed by atoms with Crippen LogP contribution in [-0.4, -0.2) is 0 Å². The zero-order valence-electron chi connectivity index (χ0n) is 23.0. The molecule has 6 aromatic carbocycles. The van der Waals surface area contributed by atoms with Gasteiger partial charge in [0.25, 0.3) is 0 Å². The lowest BCUT2D eigenvalue weighted by Gasteiger charge is -2.22. The minimum absolute atomic E-state index is 1.19. The highest BCUT2D eigenvalue weighted by Crippen LogP contribution is 2.43. The van der Waals surface area contributed by atoms with Crippen LogP contribution in [0.4, 0.5) is 0 Å². The largest absolute Gasteiger partial charge is 0.0622 e. The van der Waals surface area contributed by atoms with Gasteiger partial charge in [0.1, 0.15) is 0 Å². The van der Waals surface area contributed by atoms with Crippen LogP contribution in [0.1, 0.15) is 33.4 Å². The van der Waals surface area contributed by atoms with E-state index in [4.69, 9.17) is 0 Å². The topological polar surface area (TPSA) is 0 Å². The van der Waals surface area contributed by atoms with Gasteiger partial charge in [0, 0.05) is 0 Å². The third kappa shape index (κ3) is 5.17. The minimum atomic E-state index is 1.19. The maximum atomic E-state index is 2.27. The lowest BCUT2D eigenvalue weighted by atomic mass is 9.81. The van der Waals surface area contributed by atoms with E-state index in [1.54, 1.807) is 0 Å². The molecular formula is C40H32. The minimum Gasteiger partial charge on any atom is -0.0622 e. The normalized spacial score (nSPS) is 11.7. The fraction of sp³-hybridized carbons (Fsp3) is 0.0500. The molecule has 0 unspecified atom stereocenters. The molecule has 192 valence electrons. The Hall–Kier alpha value is -4.94. The number of hydrogen-bond donors (Lipinski definition) is 0. The highest BCUT2D eigenvalue weighted by molar-refractivity contribution is 6.09. The second-order valence-electron chi connectivity index (χ2n) is 10.3. The van der Waals surface area contributed by atoms with Gasteiger partial charge in [-0.05, 0) is 69.5 Å². The molecule has 0 saturated heterocycles. The van der Waals surface area contributed by atoms with Crippen LogP contribution >= 0.6 is 0 Å². The molecule has 0 nitrogen and oxygen atoms in total. The maximum absolute atomic E-state index is 2.27. The summed E-state index contributed by atoms with van der Waals surface area (Å²) in [7, 11) is 0. The molecular weight excluding hydrogens is 480 g/mol. The van der Waals surface area contributed by atoms with E-state index in [1.807, 2.05) is 0 Å². The number of rotatable bonds is 6.